The van der Waals surface area contributed by atoms with Crippen LogP contribution in [0.5, 0.6) is 0 Å². The van der Waals surface area contributed by atoms with Crippen molar-refractivity contribution in [3.05, 3.63) is 10.4 Å². The number of azide groups is 1. The fraction of sp³-hybridized carbons (Fsp3) is 0.818. The largest absolute Gasteiger partial charge is 0.450 e. The third-order valence-electron chi connectivity index (χ3n) is 2.03. The maximum Gasteiger partial charge on any atom is 0.309 e. The Morgan fingerprint density at radius 2 is 2.16 bits per heavy atom. The first kappa shape index (κ1) is 18.0. The van der Waals surface area contributed by atoms with Crippen molar-refractivity contribution >= 4 is 27.6 Å². The van der Waals surface area contributed by atoms with E-state index >= 15 is 0 Å². The summed E-state index contributed by atoms with van der Waals surface area (Å²) in [5.74, 6) is -0.699. The Morgan fingerprint density at radius 1 is 1.47 bits per heavy atom. The molecule has 106 valence electrons. The molecule has 0 radical (unpaired) electrons. The Kier molecular flexibility index (Phi) is 10.3. The third kappa shape index (κ3) is 9.54. The summed E-state index contributed by atoms with van der Waals surface area (Å²) in [6, 6.07) is 1.76. The summed E-state index contributed by atoms with van der Waals surface area (Å²) in [7, 11) is 3.31. The van der Waals surface area contributed by atoms with Crippen LogP contribution in [0.25, 0.3) is 10.4 Å². The first-order valence-electron chi connectivity index (χ1n) is 5.87. The van der Waals surface area contributed by atoms with Gasteiger partial charge in [0.2, 0.25) is 0 Å². The Balaban J connectivity index is 4.31. The normalized spacial score (nSPS) is 13.2. The Labute approximate surface area is 121 Å². The van der Waals surface area contributed by atoms with Gasteiger partial charge in [0.25, 0.3) is 0 Å². The number of carbonyl (C=O) groups excluding carboxylic acids is 1. The molecule has 0 bridgehead atoms. The highest BCUT2D eigenvalue weighted by atomic mass is 33.1. The van der Waals surface area contributed by atoms with Gasteiger partial charge in [-0.05, 0) is 12.0 Å². The van der Waals surface area contributed by atoms with Gasteiger partial charge in [0.05, 0.1) is 5.92 Å². The van der Waals surface area contributed by atoms with Crippen molar-refractivity contribution in [3.8, 4) is 6.07 Å². The van der Waals surface area contributed by atoms with E-state index in [1.54, 1.807) is 34.6 Å². The molecule has 0 aromatic carbocycles. The molecule has 19 heavy (non-hydrogen) atoms. The molecule has 0 saturated carbocycles. The summed E-state index contributed by atoms with van der Waals surface area (Å²) in [5, 5.41) is 12.4. The maximum atomic E-state index is 11.6. The summed E-state index contributed by atoms with van der Waals surface area (Å²) < 4.78 is 4.76. The fourth-order valence-electron chi connectivity index (χ4n) is 1.20. The lowest BCUT2D eigenvalue weighted by Gasteiger charge is -2.18. The van der Waals surface area contributed by atoms with Crippen LogP contribution in [0.4, 0.5) is 0 Å². The monoisotopic (exact) mass is 302 g/mol. The quantitative estimate of drug-likeness (QED) is 0.213. The van der Waals surface area contributed by atoms with Crippen LogP contribution in [0, 0.1) is 17.2 Å². The number of carbonyl (C=O) groups is 1. The molecule has 0 aromatic heterocycles. The molecule has 0 aromatic rings. The topological polar surface area (TPSA) is 98.9 Å². The van der Waals surface area contributed by atoms with Crippen molar-refractivity contribution in [1.82, 2.24) is 0 Å². The molecule has 0 saturated heterocycles. The average Bonchev–Trinajstić information content (AvgIpc) is 2.38. The predicted octanol–water partition coefficient (Wildman–Crippen LogP) is 3.55. The Bertz CT molecular complexity index is 364. The van der Waals surface area contributed by atoms with E-state index in [1.165, 1.54) is 0 Å². The molecule has 0 N–H and O–H groups in total. The minimum Gasteiger partial charge on any atom is -0.450 e. The van der Waals surface area contributed by atoms with Gasteiger partial charge >= 0.3 is 5.97 Å². The van der Waals surface area contributed by atoms with E-state index in [-0.39, 0.29) is 23.7 Å². The van der Waals surface area contributed by atoms with Crippen LogP contribution in [0.3, 0.4) is 0 Å². The highest BCUT2D eigenvalue weighted by molar-refractivity contribution is 8.77. The molecule has 6 nitrogen and oxygen atoms in total. The van der Waals surface area contributed by atoms with Gasteiger partial charge < -0.3 is 4.74 Å². The van der Waals surface area contributed by atoms with E-state index in [4.69, 9.17) is 15.5 Å². The third-order valence-corrected chi connectivity index (χ3v) is 5.44. The molecular weight excluding hydrogens is 284 g/mol. The van der Waals surface area contributed by atoms with Gasteiger partial charge in [-0.25, -0.2) is 0 Å². The highest BCUT2D eigenvalue weighted by Gasteiger charge is 2.20. The van der Waals surface area contributed by atoms with E-state index in [9.17, 15) is 4.79 Å². The van der Waals surface area contributed by atoms with Crippen molar-refractivity contribution in [2.75, 3.05) is 13.2 Å². The van der Waals surface area contributed by atoms with Crippen LogP contribution >= 0.6 is 21.6 Å². The van der Waals surface area contributed by atoms with Crippen LogP contribution in [-0.2, 0) is 9.53 Å². The minimum absolute atomic E-state index is 0.0629. The van der Waals surface area contributed by atoms with Gasteiger partial charge in [0.15, 0.2) is 6.61 Å². The second-order valence-electron chi connectivity index (χ2n) is 4.18. The lowest BCUT2D eigenvalue weighted by molar-refractivity contribution is -0.146. The Morgan fingerprint density at radius 3 is 2.68 bits per heavy atom. The van der Waals surface area contributed by atoms with Gasteiger partial charge in [0, 0.05) is 22.0 Å². The standard InChI is InChI=1S/C11H18N4O2S2/c1-8(2)18-19-10(7-14-15-13)6-9(3)11(16)17-5-4-12/h8-10H,5-7H2,1-3H3/t9-,10?/m0/s1. The second kappa shape index (κ2) is 10.9. The highest BCUT2D eigenvalue weighted by Crippen LogP contribution is 2.34. The fourth-order valence-corrected chi connectivity index (χ4v) is 3.63. The lowest BCUT2D eigenvalue weighted by atomic mass is 10.1. The lowest BCUT2D eigenvalue weighted by Crippen LogP contribution is -2.20. The van der Waals surface area contributed by atoms with Crippen LogP contribution < -0.4 is 0 Å². The van der Waals surface area contributed by atoms with Crippen LogP contribution in [-0.4, -0.2) is 29.6 Å². The van der Waals surface area contributed by atoms with E-state index in [0.29, 0.717) is 18.2 Å². The van der Waals surface area contributed by atoms with Crippen molar-refractivity contribution < 1.29 is 9.53 Å². The predicted molar refractivity (Wildman–Crippen MR) is 78.5 cm³/mol. The molecule has 0 spiro atoms. The van der Waals surface area contributed by atoms with Crippen molar-refractivity contribution in [1.29, 1.82) is 5.26 Å². The van der Waals surface area contributed by atoms with E-state index < -0.39 is 0 Å². The molecular formula is C11H18N4O2S2. The van der Waals surface area contributed by atoms with E-state index in [1.807, 2.05) is 0 Å². The number of esters is 1. The van der Waals surface area contributed by atoms with Crippen molar-refractivity contribution in [2.24, 2.45) is 11.0 Å². The molecule has 0 fully saturated rings. The summed E-state index contributed by atoms with van der Waals surface area (Å²) >= 11 is 0. The van der Waals surface area contributed by atoms with Gasteiger partial charge in [-0.3, -0.25) is 4.79 Å². The molecule has 2 atom stereocenters. The molecule has 0 aliphatic carbocycles. The zero-order valence-electron chi connectivity index (χ0n) is 11.3. The number of nitriles is 1. The average molecular weight is 302 g/mol. The van der Waals surface area contributed by atoms with E-state index in [0.717, 1.165) is 0 Å². The van der Waals surface area contributed by atoms with Crippen molar-refractivity contribution in [2.45, 2.75) is 37.7 Å². The molecule has 0 rings (SSSR count). The zero-order chi connectivity index (χ0) is 14.7. The number of rotatable bonds is 9. The van der Waals surface area contributed by atoms with E-state index in [2.05, 4.69) is 23.9 Å². The molecule has 0 aliphatic heterocycles. The van der Waals surface area contributed by atoms with Crippen LogP contribution in [0.1, 0.15) is 27.2 Å². The number of hydrogen-bond acceptors (Lipinski definition) is 6. The molecule has 0 heterocycles. The molecule has 1 unspecified atom stereocenters. The number of ether oxygens (including phenoxy) is 1. The van der Waals surface area contributed by atoms with Gasteiger partial charge in [0.1, 0.15) is 6.07 Å². The summed E-state index contributed by atoms with van der Waals surface area (Å²) in [6.45, 7) is 6.03. The van der Waals surface area contributed by atoms with Gasteiger partial charge in [-0.15, -0.1) is 0 Å². The van der Waals surface area contributed by atoms with Gasteiger partial charge in [-0.1, -0.05) is 47.5 Å². The maximum absolute atomic E-state index is 11.6. The van der Waals surface area contributed by atoms with Crippen LogP contribution in [0.15, 0.2) is 5.11 Å². The number of nitrogens with zero attached hydrogens (tertiary/aromatic N) is 4. The smallest absolute Gasteiger partial charge is 0.309 e. The van der Waals surface area contributed by atoms with Gasteiger partial charge in [-0.2, -0.15) is 5.26 Å². The summed E-state index contributed by atoms with van der Waals surface area (Å²) in [5.41, 5.74) is 8.37. The first-order valence-corrected chi connectivity index (χ1v) is 8.15. The molecule has 0 aliphatic rings. The SMILES string of the molecule is CC(C)SSC(CN=[N+]=[N-])C[C@H](C)C(=O)OCC#N. The summed E-state index contributed by atoms with van der Waals surface area (Å²) in [4.78, 5) is 14.3. The van der Waals surface area contributed by atoms with Crippen molar-refractivity contribution in [3.63, 3.8) is 0 Å². The first-order chi connectivity index (χ1) is 9.01. The zero-order valence-corrected chi connectivity index (χ0v) is 12.9. The second-order valence-corrected chi connectivity index (χ2v) is 7.33. The van der Waals surface area contributed by atoms with Crippen LogP contribution in [0.2, 0.25) is 0 Å². The molecule has 0 amide bonds. The summed E-state index contributed by atoms with van der Waals surface area (Å²) in [6.07, 6.45) is 0.563. The number of hydrogen-bond donors (Lipinski definition) is 0. The molecule has 8 heteroatoms. The Hall–Kier alpha value is -1.03. The minimum atomic E-state index is -0.386.